The van der Waals surface area contributed by atoms with Crippen molar-refractivity contribution in [2.24, 2.45) is 4.99 Å². The zero-order valence-electron chi connectivity index (χ0n) is 10.2. The van der Waals surface area contributed by atoms with E-state index in [-0.39, 0.29) is 5.60 Å². The highest BCUT2D eigenvalue weighted by Gasteiger charge is 2.19. The highest BCUT2D eigenvalue weighted by molar-refractivity contribution is 8.13. The maximum atomic E-state index is 5.34. The first-order chi connectivity index (χ1) is 7.07. The Morgan fingerprint density at radius 3 is 2.93 bits per heavy atom. The number of amidine groups is 1. The summed E-state index contributed by atoms with van der Waals surface area (Å²) >= 11 is 1.82. The van der Waals surface area contributed by atoms with Gasteiger partial charge in [-0.05, 0) is 26.7 Å². The molecule has 1 N–H and O–H groups in total. The van der Waals surface area contributed by atoms with Gasteiger partial charge in [-0.3, -0.25) is 4.99 Å². The molecule has 3 nitrogen and oxygen atoms in total. The quantitative estimate of drug-likeness (QED) is 0.804. The van der Waals surface area contributed by atoms with Gasteiger partial charge in [0.25, 0.3) is 0 Å². The maximum Gasteiger partial charge on any atom is 0.156 e. The summed E-state index contributed by atoms with van der Waals surface area (Å²) in [6.45, 7) is 7.04. The van der Waals surface area contributed by atoms with E-state index in [0.29, 0.717) is 6.04 Å². The molecule has 0 aromatic carbocycles. The lowest BCUT2D eigenvalue weighted by atomic mass is 10.1. The summed E-state index contributed by atoms with van der Waals surface area (Å²) in [5, 5.41) is 4.54. The topological polar surface area (TPSA) is 33.6 Å². The largest absolute Gasteiger partial charge is 0.377 e. The van der Waals surface area contributed by atoms with E-state index in [1.54, 1.807) is 7.11 Å². The minimum Gasteiger partial charge on any atom is -0.377 e. The average molecular weight is 230 g/mol. The molecule has 1 saturated heterocycles. The number of hydrogen-bond donors (Lipinski definition) is 1. The number of nitrogens with zero attached hydrogens (tertiary/aromatic N) is 1. The summed E-state index contributed by atoms with van der Waals surface area (Å²) in [5.74, 6) is 1.18. The molecule has 88 valence electrons. The van der Waals surface area contributed by atoms with Gasteiger partial charge in [-0.2, -0.15) is 0 Å². The zero-order chi connectivity index (χ0) is 11.3. The highest BCUT2D eigenvalue weighted by atomic mass is 32.2. The Balaban J connectivity index is 2.45. The second-order valence-corrected chi connectivity index (χ2v) is 5.56. The SMILES string of the molecule is CCC1CCSC(=NCC(C)(C)OC)N1. The molecule has 1 fully saturated rings. The van der Waals surface area contributed by atoms with Crippen molar-refractivity contribution in [2.75, 3.05) is 19.4 Å². The Bertz CT molecular complexity index is 229. The van der Waals surface area contributed by atoms with Crippen molar-refractivity contribution in [2.45, 2.75) is 45.3 Å². The van der Waals surface area contributed by atoms with Gasteiger partial charge < -0.3 is 10.1 Å². The van der Waals surface area contributed by atoms with Gasteiger partial charge in [-0.25, -0.2) is 0 Å². The fraction of sp³-hybridized carbons (Fsp3) is 0.909. The van der Waals surface area contributed by atoms with E-state index in [1.807, 2.05) is 11.8 Å². The number of ether oxygens (including phenoxy) is 1. The molecule has 0 aromatic rings. The minimum absolute atomic E-state index is 0.158. The third-order valence-electron chi connectivity index (χ3n) is 2.68. The molecule has 0 aliphatic carbocycles. The zero-order valence-corrected chi connectivity index (χ0v) is 11.0. The second kappa shape index (κ2) is 5.75. The van der Waals surface area contributed by atoms with Gasteiger partial charge in [-0.1, -0.05) is 18.7 Å². The molecule has 1 heterocycles. The Morgan fingerprint density at radius 2 is 2.33 bits per heavy atom. The van der Waals surface area contributed by atoms with Crippen molar-refractivity contribution >= 4 is 16.9 Å². The first kappa shape index (κ1) is 12.8. The first-order valence-corrected chi connectivity index (χ1v) is 6.55. The highest BCUT2D eigenvalue weighted by Crippen LogP contribution is 2.17. The Hall–Kier alpha value is -0.220. The molecule has 0 radical (unpaired) electrons. The Kier molecular flexibility index (Phi) is 4.93. The van der Waals surface area contributed by atoms with Crippen LogP contribution < -0.4 is 5.32 Å². The molecule has 1 atom stereocenters. The van der Waals surface area contributed by atoms with Gasteiger partial charge in [0, 0.05) is 18.9 Å². The van der Waals surface area contributed by atoms with Gasteiger partial charge in [0.15, 0.2) is 5.17 Å². The molecule has 0 spiro atoms. The monoisotopic (exact) mass is 230 g/mol. The molecular weight excluding hydrogens is 208 g/mol. The Morgan fingerprint density at radius 1 is 1.60 bits per heavy atom. The van der Waals surface area contributed by atoms with Crippen molar-refractivity contribution in [3.8, 4) is 0 Å². The Labute approximate surface area is 97.1 Å². The van der Waals surface area contributed by atoms with Crippen molar-refractivity contribution in [1.29, 1.82) is 0 Å². The normalized spacial score (nSPS) is 25.3. The molecule has 1 aliphatic rings. The van der Waals surface area contributed by atoms with Crippen LogP contribution in [0.2, 0.25) is 0 Å². The maximum absolute atomic E-state index is 5.34. The lowest BCUT2D eigenvalue weighted by Gasteiger charge is -2.26. The summed E-state index contributed by atoms with van der Waals surface area (Å²) < 4.78 is 5.34. The van der Waals surface area contributed by atoms with E-state index in [2.05, 4.69) is 31.1 Å². The van der Waals surface area contributed by atoms with Crippen LogP contribution in [0.1, 0.15) is 33.6 Å². The molecule has 4 heteroatoms. The molecular formula is C11H22N2OS. The van der Waals surface area contributed by atoms with Crippen molar-refractivity contribution in [3.05, 3.63) is 0 Å². The lowest BCUT2D eigenvalue weighted by molar-refractivity contribution is 0.0312. The van der Waals surface area contributed by atoms with Gasteiger partial charge >= 0.3 is 0 Å². The molecule has 1 aliphatic heterocycles. The molecule has 1 rings (SSSR count). The molecule has 1 unspecified atom stereocenters. The summed E-state index contributed by atoms with van der Waals surface area (Å²) in [4.78, 5) is 4.57. The molecule has 0 saturated carbocycles. The van der Waals surface area contributed by atoms with E-state index < -0.39 is 0 Å². The van der Waals surface area contributed by atoms with Gasteiger partial charge in [0.2, 0.25) is 0 Å². The van der Waals surface area contributed by atoms with Crippen LogP contribution in [-0.2, 0) is 4.74 Å². The second-order valence-electron chi connectivity index (χ2n) is 4.47. The van der Waals surface area contributed by atoms with E-state index in [0.717, 1.165) is 11.7 Å². The molecule has 0 aromatic heterocycles. The van der Waals surface area contributed by atoms with Crippen molar-refractivity contribution in [3.63, 3.8) is 0 Å². The first-order valence-electron chi connectivity index (χ1n) is 5.56. The van der Waals surface area contributed by atoms with Crippen LogP contribution in [0.15, 0.2) is 4.99 Å². The summed E-state index contributed by atoms with van der Waals surface area (Å²) in [7, 11) is 1.73. The van der Waals surface area contributed by atoms with E-state index in [4.69, 9.17) is 4.74 Å². The molecule has 0 bridgehead atoms. The molecule has 0 amide bonds. The number of methoxy groups -OCH3 is 1. The number of rotatable bonds is 4. The number of hydrogen-bond acceptors (Lipinski definition) is 3. The number of thioether (sulfide) groups is 1. The summed E-state index contributed by atoms with van der Waals surface area (Å²) in [6, 6.07) is 0.607. The van der Waals surface area contributed by atoms with Gasteiger partial charge in [0.1, 0.15) is 0 Å². The number of nitrogens with one attached hydrogen (secondary N) is 1. The minimum atomic E-state index is -0.158. The van der Waals surface area contributed by atoms with Crippen LogP contribution in [0.4, 0.5) is 0 Å². The van der Waals surface area contributed by atoms with Crippen LogP contribution >= 0.6 is 11.8 Å². The van der Waals surface area contributed by atoms with E-state index >= 15 is 0 Å². The third-order valence-corrected chi connectivity index (χ3v) is 3.64. The van der Waals surface area contributed by atoms with E-state index in [9.17, 15) is 0 Å². The predicted octanol–water partition coefficient (Wildman–Crippen LogP) is 2.27. The number of aliphatic imine (C=N–C) groups is 1. The lowest BCUT2D eigenvalue weighted by Crippen LogP contribution is -2.38. The molecule has 15 heavy (non-hydrogen) atoms. The van der Waals surface area contributed by atoms with Crippen LogP contribution in [-0.4, -0.2) is 36.2 Å². The summed E-state index contributed by atoms with van der Waals surface area (Å²) in [6.07, 6.45) is 2.42. The van der Waals surface area contributed by atoms with E-state index in [1.165, 1.54) is 18.6 Å². The average Bonchev–Trinajstić information content (AvgIpc) is 2.27. The van der Waals surface area contributed by atoms with Crippen LogP contribution in [0, 0.1) is 0 Å². The van der Waals surface area contributed by atoms with Crippen molar-refractivity contribution in [1.82, 2.24) is 5.32 Å². The van der Waals surface area contributed by atoms with Gasteiger partial charge in [0.05, 0.1) is 12.1 Å². The summed E-state index contributed by atoms with van der Waals surface area (Å²) in [5.41, 5.74) is -0.158. The van der Waals surface area contributed by atoms with Crippen LogP contribution in [0.3, 0.4) is 0 Å². The fourth-order valence-corrected chi connectivity index (χ4v) is 2.31. The van der Waals surface area contributed by atoms with Crippen molar-refractivity contribution < 1.29 is 4.74 Å². The third kappa shape index (κ3) is 4.43. The predicted molar refractivity (Wildman–Crippen MR) is 67.7 cm³/mol. The van der Waals surface area contributed by atoms with Gasteiger partial charge in [-0.15, -0.1) is 0 Å². The standard InChI is InChI=1S/C11H22N2OS/c1-5-9-6-7-15-10(13-9)12-8-11(2,3)14-4/h9H,5-8H2,1-4H3,(H,12,13). The van der Waals surface area contributed by atoms with Crippen LogP contribution in [0.5, 0.6) is 0 Å². The van der Waals surface area contributed by atoms with Crippen LogP contribution in [0.25, 0.3) is 0 Å². The fourth-order valence-electron chi connectivity index (χ4n) is 1.31. The smallest absolute Gasteiger partial charge is 0.156 e.